The molecule has 21 heavy (non-hydrogen) atoms. The van der Waals surface area contributed by atoms with Crippen LogP contribution in [0.15, 0.2) is 12.1 Å². The van der Waals surface area contributed by atoms with Crippen molar-refractivity contribution in [1.29, 1.82) is 0 Å². The summed E-state index contributed by atoms with van der Waals surface area (Å²) in [6, 6.07) is 3.51. The van der Waals surface area contributed by atoms with Crippen LogP contribution in [-0.4, -0.2) is 12.5 Å². The average molecular weight is 300 g/mol. The van der Waals surface area contributed by atoms with E-state index in [4.69, 9.17) is 4.74 Å². The van der Waals surface area contributed by atoms with Gasteiger partial charge in [-0.1, -0.05) is 25.3 Å². The zero-order valence-electron chi connectivity index (χ0n) is 12.0. The highest BCUT2D eigenvalue weighted by atomic mass is 19.4. The minimum absolute atomic E-state index is 0.0393. The van der Waals surface area contributed by atoms with Gasteiger partial charge in [0.05, 0.1) is 6.10 Å². The van der Waals surface area contributed by atoms with Gasteiger partial charge in [-0.05, 0) is 49.3 Å². The normalized spacial score (nSPS) is 19.2. The van der Waals surface area contributed by atoms with Crippen LogP contribution in [0.5, 0.6) is 11.5 Å². The Labute approximate surface area is 122 Å². The Bertz CT molecular complexity index is 517. The van der Waals surface area contributed by atoms with Gasteiger partial charge in [-0.3, -0.25) is 0 Å². The fourth-order valence-electron chi connectivity index (χ4n) is 2.64. The van der Waals surface area contributed by atoms with Crippen LogP contribution in [0.3, 0.4) is 0 Å². The number of halogens is 3. The van der Waals surface area contributed by atoms with E-state index >= 15 is 0 Å². The van der Waals surface area contributed by atoms with Crippen LogP contribution >= 0.6 is 0 Å². The summed E-state index contributed by atoms with van der Waals surface area (Å²) in [4.78, 5) is 0. The number of benzene rings is 1. The number of rotatable bonds is 5. The fraction of sp³-hybridized carbons (Fsp3) is 0.625. The molecule has 0 N–H and O–H groups in total. The first-order valence-corrected chi connectivity index (χ1v) is 7.47. The van der Waals surface area contributed by atoms with Gasteiger partial charge in [0, 0.05) is 0 Å². The smallest absolute Gasteiger partial charge is 0.487 e. The average Bonchev–Trinajstić information content (AvgIpc) is 3.13. The summed E-state index contributed by atoms with van der Waals surface area (Å²) in [5.41, 5.74) is 1.49. The lowest BCUT2D eigenvalue weighted by atomic mass is 9.80. The maximum Gasteiger partial charge on any atom is 0.573 e. The largest absolute Gasteiger partial charge is 0.573 e. The molecule has 2 saturated carbocycles. The summed E-state index contributed by atoms with van der Waals surface area (Å²) >= 11 is 0. The van der Waals surface area contributed by atoms with E-state index in [9.17, 15) is 13.2 Å². The molecule has 0 aromatic heterocycles. The molecule has 1 aromatic carbocycles. The molecular formula is C16H19F3O2. The minimum atomic E-state index is -4.69. The Hall–Kier alpha value is -1.39. The second-order valence-corrected chi connectivity index (χ2v) is 6.04. The third-order valence-corrected chi connectivity index (χ3v) is 4.25. The first-order valence-electron chi connectivity index (χ1n) is 7.47. The van der Waals surface area contributed by atoms with Crippen LogP contribution in [0.25, 0.3) is 0 Å². The van der Waals surface area contributed by atoms with E-state index < -0.39 is 6.36 Å². The van der Waals surface area contributed by atoms with Crippen molar-refractivity contribution in [3.8, 4) is 11.5 Å². The zero-order valence-corrected chi connectivity index (χ0v) is 12.0. The second kappa shape index (κ2) is 5.43. The van der Waals surface area contributed by atoms with E-state index in [1.165, 1.54) is 6.42 Å². The van der Waals surface area contributed by atoms with Gasteiger partial charge >= 0.3 is 6.36 Å². The van der Waals surface area contributed by atoms with Crippen LogP contribution in [0.1, 0.15) is 43.2 Å². The second-order valence-electron chi connectivity index (χ2n) is 6.04. The SMILES string of the molecule is Cc1c(CC2CCC2)ccc(OC2CC2)c1OC(F)(F)F. The summed E-state index contributed by atoms with van der Waals surface area (Å²) < 4.78 is 47.7. The van der Waals surface area contributed by atoms with Crippen LogP contribution in [0.4, 0.5) is 13.2 Å². The van der Waals surface area contributed by atoms with E-state index in [1.807, 2.05) is 6.07 Å². The van der Waals surface area contributed by atoms with Crippen molar-refractivity contribution in [3.63, 3.8) is 0 Å². The van der Waals surface area contributed by atoms with Gasteiger partial charge in [-0.25, -0.2) is 0 Å². The van der Waals surface area contributed by atoms with Gasteiger partial charge in [-0.15, -0.1) is 13.2 Å². The lowest BCUT2D eigenvalue weighted by Crippen LogP contribution is -2.20. The molecule has 2 aliphatic carbocycles. The molecule has 0 bridgehead atoms. The summed E-state index contributed by atoms with van der Waals surface area (Å²) in [5, 5.41) is 0. The molecule has 0 heterocycles. The van der Waals surface area contributed by atoms with Crippen molar-refractivity contribution in [1.82, 2.24) is 0 Å². The molecule has 0 atom stereocenters. The van der Waals surface area contributed by atoms with E-state index in [0.29, 0.717) is 11.5 Å². The van der Waals surface area contributed by atoms with Crippen molar-refractivity contribution in [3.05, 3.63) is 23.3 Å². The summed E-state index contributed by atoms with van der Waals surface area (Å²) in [7, 11) is 0. The van der Waals surface area contributed by atoms with E-state index in [-0.39, 0.29) is 17.6 Å². The fourth-order valence-corrected chi connectivity index (χ4v) is 2.64. The van der Waals surface area contributed by atoms with Gasteiger partial charge < -0.3 is 9.47 Å². The van der Waals surface area contributed by atoms with Gasteiger partial charge in [0.1, 0.15) is 0 Å². The van der Waals surface area contributed by atoms with E-state index in [1.54, 1.807) is 13.0 Å². The van der Waals surface area contributed by atoms with E-state index in [2.05, 4.69) is 4.74 Å². The van der Waals surface area contributed by atoms with Crippen LogP contribution in [-0.2, 0) is 6.42 Å². The van der Waals surface area contributed by atoms with Crippen LogP contribution in [0, 0.1) is 12.8 Å². The third kappa shape index (κ3) is 3.63. The maximum absolute atomic E-state index is 12.6. The lowest BCUT2D eigenvalue weighted by molar-refractivity contribution is -0.275. The van der Waals surface area contributed by atoms with Gasteiger partial charge in [-0.2, -0.15) is 0 Å². The first-order chi connectivity index (χ1) is 9.92. The number of alkyl halides is 3. The number of hydrogen-bond acceptors (Lipinski definition) is 2. The molecule has 0 radical (unpaired) electrons. The number of hydrogen-bond donors (Lipinski definition) is 0. The van der Waals surface area contributed by atoms with Gasteiger partial charge in [0.25, 0.3) is 0 Å². The lowest BCUT2D eigenvalue weighted by Gasteiger charge is -2.27. The Morgan fingerprint density at radius 3 is 2.38 bits per heavy atom. The molecule has 0 spiro atoms. The molecular weight excluding hydrogens is 281 g/mol. The molecule has 1 aromatic rings. The summed E-state index contributed by atoms with van der Waals surface area (Å²) in [5.74, 6) is 0.647. The third-order valence-electron chi connectivity index (χ3n) is 4.25. The monoisotopic (exact) mass is 300 g/mol. The molecule has 0 aliphatic heterocycles. The Morgan fingerprint density at radius 2 is 1.86 bits per heavy atom. The predicted octanol–water partition coefficient (Wildman–Crippen LogP) is 4.78. The Kier molecular flexibility index (Phi) is 3.76. The number of ether oxygens (including phenoxy) is 2. The highest BCUT2D eigenvalue weighted by Gasteiger charge is 2.35. The predicted molar refractivity (Wildman–Crippen MR) is 72.6 cm³/mol. The molecule has 2 nitrogen and oxygen atoms in total. The van der Waals surface area contributed by atoms with Crippen molar-refractivity contribution in [2.75, 3.05) is 0 Å². The van der Waals surface area contributed by atoms with Gasteiger partial charge in [0.15, 0.2) is 11.5 Å². The minimum Gasteiger partial charge on any atom is -0.487 e. The molecule has 0 amide bonds. The first kappa shape index (κ1) is 14.5. The van der Waals surface area contributed by atoms with E-state index in [0.717, 1.165) is 37.7 Å². The molecule has 2 fully saturated rings. The molecule has 116 valence electrons. The van der Waals surface area contributed by atoms with Crippen molar-refractivity contribution >= 4 is 0 Å². The van der Waals surface area contributed by atoms with Crippen LogP contribution < -0.4 is 9.47 Å². The molecule has 0 unspecified atom stereocenters. The van der Waals surface area contributed by atoms with Crippen molar-refractivity contribution in [2.24, 2.45) is 5.92 Å². The Balaban J connectivity index is 1.86. The van der Waals surface area contributed by atoms with Crippen molar-refractivity contribution < 1.29 is 22.6 Å². The highest BCUT2D eigenvalue weighted by Crippen LogP contribution is 2.41. The topological polar surface area (TPSA) is 18.5 Å². The maximum atomic E-state index is 12.6. The Morgan fingerprint density at radius 1 is 1.14 bits per heavy atom. The summed E-state index contributed by atoms with van der Waals surface area (Å²) in [6.45, 7) is 1.69. The quantitative estimate of drug-likeness (QED) is 0.779. The van der Waals surface area contributed by atoms with Gasteiger partial charge in [0.2, 0.25) is 0 Å². The van der Waals surface area contributed by atoms with Crippen molar-refractivity contribution in [2.45, 2.75) is 57.9 Å². The van der Waals surface area contributed by atoms with Crippen LogP contribution in [0.2, 0.25) is 0 Å². The standard InChI is InChI=1S/C16H19F3O2/c1-10-12(9-11-3-2-4-11)5-8-14(20-13-6-7-13)15(10)21-16(17,18)19/h5,8,11,13H,2-4,6-7,9H2,1H3. The molecule has 5 heteroatoms. The molecule has 2 aliphatic rings. The highest BCUT2D eigenvalue weighted by molar-refractivity contribution is 5.50. The molecule has 3 rings (SSSR count). The summed E-state index contributed by atoms with van der Waals surface area (Å²) in [6.07, 6.45) is 1.51. The zero-order chi connectivity index (χ0) is 15.0. The molecule has 0 saturated heterocycles.